The zero-order chi connectivity index (χ0) is 13.2. The lowest BCUT2D eigenvalue weighted by atomic mass is 10.1. The smallest absolute Gasteiger partial charge is 0.251 e. The number of amides is 1. The summed E-state index contributed by atoms with van der Waals surface area (Å²) in [6.07, 6.45) is 1.92. The van der Waals surface area contributed by atoms with Crippen molar-refractivity contribution in [2.24, 2.45) is 5.41 Å². The fraction of sp³-hybridized carbons (Fsp3) is 0.500. The van der Waals surface area contributed by atoms with Gasteiger partial charge in [0.2, 0.25) is 0 Å². The first kappa shape index (κ1) is 13.1. The number of halogens is 1. The summed E-state index contributed by atoms with van der Waals surface area (Å²) in [6, 6.07) is 3.16. The molecule has 1 saturated carbocycles. The van der Waals surface area contributed by atoms with E-state index in [1.807, 2.05) is 0 Å². The fourth-order valence-electron chi connectivity index (χ4n) is 1.69. The van der Waals surface area contributed by atoms with Crippen LogP contribution in [0.1, 0.15) is 23.2 Å². The van der Waals surface area contributed by atoms with Crippen LogP contribution in [0.3, 0.4) is 0 Å². The second kappa shape index (κ2) is 5.12. The van der Waals surface area contributed by atoms with E-state index in [0.29, 0.717) is 17.9 Å². The van der Waals surface area contributed by atoms with Crippen LogP contribution in [0.5, 0.6) is 0 Å². The second-order valence-electron chi connectivity index (χ2n) is 4.65. The van der Waals surface area contributed by atoms with Crippen LogP contribution < -0.4 is 10.6 Å². The number of hydrogen-bond acceptors (Lipinski definition) is 4. The molecule has 18 heavy (non-hydrogen) atoms. The van der Waals surface area contributed by atoms with Crippen molar-refractivity contribution in [2.75, 3.05) is 25.5 Å². The summed E-state index contributed by atoms with van der Waals surface area (Å²) in [5.74, 6) is 0.353. The molecule has 1 aliphatic rings. The van der Waals surface area contributed by atoms with Crippen molar-refractivity contribution >= 4 is 23.3 Å². The molecule has 1 aromatic heterocycles. The maximum absolute atomic E-state index is 11.9. The molecule has 0 aliphatic heterocycles. The van der Waals surface area contributed by atoms with Crippen molar-refractivity contribution < 1.29 is 9.90 Å². The molecule has 0 atom stereocenters. The van der Waals surface area contributed by atoms with Crippen molar-refractivity contribution in [1.29, 1.82) is 0 Å². The van der Waals surface area contributed by atoms with Crippen LogP contribution in [0.4, 0.5) is 5.82 Å². The van der Waals surface area contributed by atoms with E-state index in [9.17, 15) is 9.90 Å². The number of aliphatic hydroxyl groups excluding tert-OH is 1. The van der Waals surface area contributed by atoms with Gasteiger partial charge in [-0.2, -0.15) is 0 Å². The van der Waals surface area contributed by atoms with E-state index in [1.165, 1.54) is 6.07 Å². The Bertz CT molecular complexity index is 461. The number of carbonyl (C=O) groups excluding carboxylic acids is 1. The lowest BCUT2D eigenvalue weighted by Gasteiger charge is -2.13. The molecular weight excluding hydrogens is 254 g/mol. The van der Waals surface area contributed by atoms with E-state index in [1.54, 1.807) is 13.1 Å². The Balaban J connectivity index is 2.02. The van der Waals surface area contributed by atoms with E-state index < -0.39 is 0 Å². The van der Waals surface area contributed by atoms with Gasteiger partial charge in [0, 0.05) is 24.6 Å². The third-order valence-corrected chi connectivity index (χ3v) is 3.42. The molecule has 0 aromatic carbocycles. The molecule has 2 rings (SSSR count). The normalized spacial score (nSPS) is 16.2. The Morgan fingerprint density at radius 2 is 2.28 bits per heavy atom. The number of aromatic nitrogens is 1. The number of aliphatic hydroxyl groups is 1. The number of nitrogens with one attached hydrogen (secondary N) is 2. The van der Waals surface area contributed by atoms with Crippen molar-refractivity contribution in [3.05, 3.63) is 22.8 Å². The molecular formula is C12H16ClN3O2. The molecule has 0 radical (unpaired) electrons. The monoisotopic (exact) mass is 269 g/mol. The number of rotatable bonds is 5. The molecule has 0 bridgehead atoms. The minimum atomic E-state index is -0.199. The highest BCUT2D eigenvalue weighted by atomic mass is 35.5. The maximum atomic E-state index is 11.9. The Kier molecular flexibility index (Phi) is 3.73. The van der Waals surface area contributed by atoms with Gasteiger partial charge in [-0.15, -0.1) is 0 Å². The van der Waals surface area contributed by atoms with Crippen LogP contribution >= 0.6 is 11.6 Å². The van der Waals surface area contributed by atoms with Crippen molar-refractivity contribution in [3.8, 4) is 0 Å². The quantitative estimate of drug-likeness (QED) is 0.704. The zero-order valence-corrected chi connectivity index (χ0v) is 10.9. The molecule has 1 amide bonds. The minimum absolute atomic E-state index is 0.0989. The molecule has 0 saturated heterocycles. The number of nitrogens with zero attached hydrogens (tertiary/aromatic N) is 1. The summed E-state index contributed by atoms with van der Waals surface area (Å²) in [6.45, 7) is 0.614. The average molecular weight is 270 g/mol. The summed E-state index contributed by atoms with van der Waals surface area (Å²) in [5.41, 5.74) is 0.367. The molecule has 6 heteroatoms. The lowest BCUT2D eigenvalue weighted by molar-refractivity contribution is 0.0935. The molecule has 1 aromatic rings. The molecule has 98 valence electrons. The molecule has 0 unspecified atom stereocenters. The van der Waals surface area contributed by atoms with Crippen LogP contribution in [0, 0.1) is 5.41 Å². The van der Waals surface area contributed by atoms with Gasteiger partial charge >= 0.3 is 0 Å². The van der Waals surface area contributed by atoms with Crippen molar-refractivity contribution in [1.82, 2.24) is 10.3 Å². The van der Waals surface area contributed by atoms with Gasteiger partial charge in [0.05, 0.1) is 6.61 Å². The Labute approximate surface area is 111 Å². The van der Waals surface area contributed by atoms with Crippen molar-refractivity contribution in [2.45, 2.75) is 12.8 Å². The maximum Gasteiger partial charge on any atom is 0.251 e. The highest BCUT2D eigenvalue weighted by Crippen LogP contribution is 2.44. The highest BCUT2D eigenvalue weighted by molar-refractivity contribution is 6.29. The van der Waals surface area contributed by atoms with Crippen LogP contribution in [0.2, 0.25) is 5.15 Å². The standard InChI is InChI=1S/C12H16ClN3O2/c1-14-10-5-8(4-9(13)16-10)11(18)15-6-12(7-17)2-3-12/h4-5,17H,2-3,6-7H2,1H3,(H,14,16)(H,15,18). The predicted octanol–water partition coefficient (Wildman–Crippen LogP) is 1.28. The van der Waals surface area contributed by atoms with Gasteiger partial charge < -0.3 is 15.7 Å². The third-order valence-electron chi connectivity index (χ3n) is 3.23. The Morgan fingerprint density at radius 1 is 1.56 bits per heavy atom. The van der Waals surface area contributed by atoms with E-state index >= 15 is 0 Å². The zero-order valence-electron chi connectivity index (χ0n) is 10.2. The van der Waals surface area contributed by atoms with Gasteiger partial charge in [0.25, 0.3) is 5.91 Å². The first-order chi connectivity index (χ1) is 8.58. The van der Waals surface area contributed by atoms with Crippen LogP contribution in [-0.2, 0) is 0 Å². The van der Waals surface area contributed by atoms with Crippen molar-refractivity contribution in [3.63, 3.8) is 0 Å². The molecule has 1 fully saturated rings. The van der Waals surface area contributed by atoms with Gasteiger partial charge in [-0.1, -0.05) is 11.6 Å². The molecule has 3 N–H and O–H groups in total. The highest BCUT2D eigenvalue weighted by Gasteiger charge is 2.42. The molecule has 5 nitrogen and oxygen atoms in total. The van der Waals surface area contributed by atoms with Gasteiger partial charge in [0.1, 0.15) is 11.0 Å². The summed E-state index contributed by atoms with van der Waals surface area (Å²) in [5, 5.41) is 15.1. The first-order valence-electron chi connectivity index (χ1n) is 5.83. The summed E-state index contributed by atoms with van der Waals surface area (Å²) in [4.78, 5) is 16.0. The second-order valence-corrected chi connectivity index (χ2v) is 5.04. The molecule has 0 spiro atoms. The van der Waals surface area contributed by atoms with E-state index in [-0.39, 0.29) is 23.1 Å². The topological polar surface area (TPSA) is 74.2 Å². The fourth-order valence-corrected chi connectivity index (χ4v) is 1.90. The molecule has 1 heterocycles. The van der Waals surface area contributed by atoms with E-state index in [0.717, 1.165) is 12.8 Å². The summed E-state index contributed by atoms with van der Waals surface area (Å²) < 4.78 is 0. The van der Waals surface area contributed by atoms with E-state index in [4.69, 9.17) is 11.6 Å². The van der Waals surface area contributed by atoms with Gasteiger partial charge in [-0.05, 0) is 25.0 Å². The summed E-state index contributed by atoms with van der Waals surface area (Å²) in [7, 11) is 1.71. The van der Waals surface area contributed by atoms with Crippen LogP contribution in [0.15, 0.2) is 12.1 Å². The number of anilines is 1. The number of hydrogen-bond donors (Lipinski definition) is 3. The number of pyridine rings is 1. The Morgan fingerprint density at radius 3 is 2.83 bits per heavy atom. The van der Waals surface area contributed by atoms with Crippen LogP contribution in [-0.4, -0.2) is 36.2 Å². The van der Waals surface area contributed by atoms with Gasteiger partial charge in [-0.25, -0.2) is 4.98 Å². The minimum Gasteiger partial charge on any atom is -0.396 e. The predicted molar refractivity (Wildman–Crippen MR) is 69.9 cm³/mol. The number of carbonyl (C=O) groups is 1. The van der Waals surface area contributed by atoms with Gasteiger partial charge in [0.15, 0.2) is 0 Å². The Hall–Kier alpha value is -1.33. The van der Waals surface area contributed by atoms with Gasteiger partial charge in [-0.3, -0.25) is 4.79 Å². The third kappa shape index (κ3) is 2.91. The molecule has 1 aliphatic carbocycles. The SMILES string of the molecule is CNc1cc(C(=O)NCC2(CO)CC2)cc(Cl)n1. The average Bonchev–Trinajstić information content (AvgIpc) is 3.16. The largest absolute Gasteiger partial charge is 0.396 e. The van der Waals surface area contributed by atoms with Crippen LogP contribution in [0.25, 0.3) is 0 Å². The van der Waals surface area contributed by atoms with E-state index in [2.05, 4.69) is 15.6 Å². The lowest BCUT2D eigenvalue weighted by Crippen LogP contribution is -2.31. The first-order valence-corrected chi connectivity index (χ1v) is 6.21. The summed E-state index contributed by atoms with van der Waals surface area (Å²) >= 11 is 5.83.